The Morgan fingerprint density at radius 1 is 1.50 bits per heavy atom. The van der Waals surface area contributed by atoms with Crippen LogP contribution in [0.4, 0.5) is 5.69 Å². The molecule has 1 aromatic rings. The molecule has 1 unspecified atom stereocenters. The van der Waals surface area contributed by atoms with E-state index in [1.807, 2.05) is 6.07 Å². The molecule has 1 aliphatic rings. The highest BCUT2D eigenvalue weighted by Crippen LogP contribution is 2.38. The fraction of sp³-hybridized carbons (Fsp3) is 0.364. The van der Waals surface area contributed by atoms with E-state index in [0.29, 0.717) is 11.6 Å². The summed E-state index contributed by atoms with van der Waals surface area (Å²) in [5, 5.41) is 9.20. The molecule has 1 N–H and O–H groups in total. The molecule has 1 saturated heterocycles. The molecule has 5 heteroatoms. The van der Waals surface area contributed by atoms with Crippen LogP contribution in [0.2, 0.25) is 0 Å². The summed E-state index contributed by atoms with van der Waals surface area (Å²) >= 11 is 6.74. The standard InChI is InChI=1S/C11H11Br2NO2/c1-6-2-3-14(6)10-8(11(15)16)4-7(12)5-9(10)13/h4-6H,2-3H2,1H3,(H,15,16). The van der Waals surface area contributed by atoms with Gasteiger partial charge in [0.05, 0.1) is 11.3 Å². The lowest BCUT2D eigenvalue weighted by molar-refractivity contribution is 0.0697. The van der Waals surface area contributed by atoms with Crippen molar-refractivity contribution in [1.82, 2.24) is 0 Å². The van der Waals surface area contributed by atoms with Crippen molar-refractivity contribution >= 4 is 43.5 Å². The molecule has 2 rings (SSSR count). The van der Waals surface area contributed by atoms with Crippen molar-refractivity contribution in [1.29, 1.82) is 0 Å². The molecule has 0 amide bonds. The summed E-state index contributed by atoms with van der Waals surface area (Å²) in [6, 6.07) is 3.94. The van der Waals surface area contributed by atoms with Gasteiger partial charge in [-0.25, -0.2) is 4.79 Å². The van der Waals surface area contributed by atoms with Crippen molar-refractivity contribution in [2.24, 2.45) is 0 Å². The average Bonchev–Trinajstić information content (AvgIpc) is 2.18. The van der Waals surface area contributed by atoms with E-state index >= 15 is 0 Å². The summed E-state index contributed by atoms with van der Waals surface area (Å²) in [6.45, 7) is 3.02. The Labute approximate surface area is 111 Å². The lowest BCUT2D eigenvalue weighted by Gasteiger charge is -2.42. The molecule has 16 heavy (non-hydrogen) atoms. The van der Waals surface area contributed by atoms with E-state index in [-0.39, 0.29) is 0 Å². The third-order valence-electron chi connectivity index (χ3n) is 2.87. The van der Waals surface area contributed by atoms with Crippen LogP contribution in [0.1, 0.15) is 23.7 Å². The Morgan fingerprint density at radius 2 is 2.19 bits per heavy atom. The maximum atomic E-state index is 11.2. The van der Waals surface area contributed by atoms with Crippen LogP contribution in [-0.4, -0.2) is 23.7 Å². The first-order valence-corrected chi connectivity index (χ1v) is 6.58. The smallest absolute Gasteiger partial charge is 0.337 e. The van der Waals surface area contributed by atoms with Crippen LogP contribution in [0.3, 0.4) is 0 Å². The minimum Gasteiger partial charge on any atom is -0.478 e. The zero-order chi connectivity index (χ0) is 11.9. The molecule has 1 atom stereocenters. The van der Waals surface area contributed by atoms with E-state index in [4.69, 9.17) is 0 Å². The lowest BCUT2D eigenvalue weighted by Crippen LogP contribution is -2.46. The summed E-state index contributed by atoms with van der Waals surface area (Å²) in [6.07, 6.45) is 1.11. The minimum absolute atomic E-state index is 0.341. The number of carboxylic acids is 1. The number of carboxylic acid groups (broad SMARTS) is 1. The van der Waals surface area contributed by atoms with Gasteiger partial charge in [-0.2, -0.15) is 0 Å². The van der Waals surface area contributed by atoms with Crippen LogP contribution in [0.5, 0.6) is 0 Å². The van der Waals surface area contributed by atoms with Crippen LogP contribution in [0, 0.1) is 0 Å². The monoisotopic (exact) mass is 347 g/mol. The fourth-order valence-electron chi connectivity index (χ4n) is 1.87. The summed E-state index contributed by atoms with van der Waals surface area (Å²) in [4.78, 5) is 13.3. The molecule has 1 fully saturated rings. The van der Waals surface area contributed by atoms with Crippen LogP contribution >= 0.6 is 31.9 Å². The Bertz CT molecular complexity index is 448. The van der Waals surface area contributed by atoms with Gasteiger partial charge in [0.25, 0.3) is 0 Å². The van der Waals surface area contributed by atoms with Crippen molar-refractivity contribution in [2.75, 3.05) is 11.4 Å². The number of rotatable bonds is 2. The van der Waals surface area contributed by atoms with Gasteiger partial charge < -0.3 is 10.0 Å². The number of hydrogen-bond donors (Lipinski definition) is 1. The van der Waals surface area contributed by atoms with Crippen molar-refractivity contribution in [3.05, 3.63) is 26.6 Å². The molecule has 0 radical (unpaired) electrons. The second-order valence-corrected chi connectivity index (χ2v) is 5.69. The third kappa shape index (κ3) is 1.98. The molecule has 0 bridgehead atoms. The number of carbonyl (C=O) groups is 1. The predicted molar refractivity (Wildman–Crippen MR) is 70.2 cm³/mol. The summed E-state index contributed by atoms with van der Waals surface area (Å²) in [5.74, 6) is -0.892. The van der Waals surface area contributed by atoms with Gasteiger partial charge in [-0.05, 0) is 41.4 Å². The lowest BCUT2D eigenvalue weighted by atomic mass is 10.0. The first-order valence-electron chi connectivity index (χ1n) is 4.99. The molecule has 1 aliphatic heterocycles. The van der Waals surface area contributed by atoms with E-state index in [1.165, 1.54) is 0 Å². The van der Waals surface area contributed by atoms with E-state index in [0.717, 1.165) is 27.6 Å². The van der Waals surface area contributed by atoms with Gasteiger partial charge >= 0.3 is 5.97 Å². The average molecular weight is 349 g/mol. The normalized spacial score (nSPS) is 19.4. The highest BCUT2D eigenvalue weighted by Gasteiger charge is 2.29. The molecule has 3 nitrogen and oxygen atoms in total. The molecule has 1 heterocycles. The zero-order valence-electron chi connectivity index (χ0n) is 8.70. The number of hydrogen-bond acceptors (Lipinski definition) is 2. The maximum absolute atomic E-state index is 11.2. The van der Waals surface area contributed by atoms with Crippen LogP contribution in [0.25, 0.3) is 0 Å². The van der Waals surface area contributed by atoms with Gasteiger partial charge in [-0.15, -0.1) is 0 Å². The summed E-state index contributed by atoms with van der Waals surface area (Å²) in [7, 11) is 0. The molecule has 86 valence electrons. The molecule has 0 spiro atoms. The number of benzene rings is 1. The van der Waals surface area contributed by atoms with Crippen LogP contribution in [-0.2, 0) is 0 Å². The largest absolute Gasteiger partial charge is 0.478 e. The van der Waals surface area contributed by atoms with Gasteiger partial charge in [0.2, 0.25) is 0 Å². The van der Waals surface area contributed by atoms with Gasteiger partial charge in [0.1, 0.15) is 0 Å². The van der Waals surface area contributed by atoms with E-state index in [1.54, 1.807) is 6.07 Å². The van der Waals surface area contributed by atoms with Gasteiger partial charge in [0, 0.05) is 21.5 Å². The fourth-order valence-corrected chi connectivity index (χ4v) is 3.32. The SMILES string of the molecule is CC1CCN1c1c(Br)cc(Br)cc1C(=O)O. The highest BCUT2D eigenvalue weighted by atomic mass is 79.9. The molecule has 0 aromatic heterocycles. The molecule has 0 saturated carbocycles. The molecule has 0 aliphatic carbocycles. The number of halogens is 2. The Morgan fingerprint density at radius 3 is 2.62 bits per heavy atom. The van der Waals surface area contributed by atoms with Gasteiger partial charge in [-0.1, -0.05) is 15.9 Å². The second-order valence-electron chi connectivity index (χ2n) is 3.92. The first-order chi connectivity index (χ1) is 7.50. The van der Waals surface area contributed by atoms with Gasteiger partial charge in [-0.3, -0.25) is 0 Å². The zero-order valence-corrected chi connectivity index (χ0v) is 11.9. The number of aromatic carboxylic acids is 1. The van der Waals surface area contributed by atoms with E-state index in [2.05, 4.69) is 43.7 Å². The Kier molecular flexibility index (Phi) is 3.26. The molecule has 1 aromatic carbocycles. The first kappa shape index (κ1) is 11.9. The minimum atomic E-state index is -0.892. The Hall–Kier alpha value is -0.550. The van der Waals surface area contributed by atoms with Crippen molar-refractivity contribution in [3.8, 4) is 0 Å². The third-order valence-corrected chi connectivity index (χ3v) is 3.93. The predicted octanol–water partition coefficient (Wildman–Crippen LogP) is 3.51. The summed E-state index contributed by atoms with van der Waals surface area (Å²) in [5.41, 5.74) is 1.13. The second kappa shape index (κ2) is 4.37. The summed E-state index contributed by atoms with van der Waals surface area (Å²) < 4.78 is 1.60. The van der Waals surface area contributed by atoms with Crippen molar-refractivity contribution in [2.45, 2.75) is 19.4 Å². The maximum Gasteiger partial charge on any atom is 0.337 e. The van der Waals surface area contributed by atoms with Gasteiger partial charge in [0.15, 0.2) is 0 Å². The van der Waals surface area contributed by atoms with Crippen molar-refractivity contribution < 1.29 is 9.90 Å². The highest BCUT2D eigenvalue weighted by molar-refractivity contribution is 9.11. The van der Waals surface area contributed by atoms with Crippen LogP contribution in [0.15, 0.2) is 21.1 Å². The number of nitrogens with zero attached hydrogens (tertiary/aromatic N) is 1. The molecular formula is C11H11Br2NO2. The van der Waals surface area contributed by atoms with Crippen LogP contribution < -0.4 is 4.90 Å². The van der Waals surface area contributed by atoms with Crippen molar-refractivity contribution in [3.63, 3.8) is 0 Å². The molecular weight excluding hydrogens is 338 g/mol. The Balaban J connectivity index is 2.53. The topological polar surface area (TPSA) is 40.5 Å². The quantitative estimate of drug-likeness (QED) is 0.889. The number of anilines is 1. The van der Waals surface area contributed by atoms with E-state index in [9.17, 15) is 9.90 Å². The van der Waals surface area contributed by atoms with E-state index < -0.39 is 5.97 Å².